The molecule has 1 aliphatic rings. The first-order chi connectivity index (χ1) is 8.81. The summed E-state index contributed by atoms with van der Waals surface area (Å²) in [7, 11) is 0. The van der Waals surface area contributed by atoms with Crippen LogP contribution in [0.2, 0.25) is 0 Å². The van der Waals surface area contributed by atoms with E-state index in [0.717, 1.165) is 17.0 Å². The first-order valence-corrected chi connectivity index (χ1v) is 7.70. The number of aliphatic hydroxyl groups excluding tert-OH is 1. The molecule has 100 valence electrons. The molecule has 2 heterocycles. The van der Waals surface area contributed by atoms with Gasteiger partial charge in [-0.2, -0.15) is 0 Å². The van der Waals surface area contributed by atoms with E-state index in [0.29, 0.717) is 0 Å². The molecule has 0 radical (unpaired) electrons. The quantitative estimate of drug-likeness (QED) is 0.831. The smallest absolute Gasteiger partial charge is 0.0856 e. The Bertz CT molecular complexity index is 378. The molecule has 1 N–H and O–H groups in total. The molecule has 2 rings (SSSR count). The Hall–Kier alpha value is -0.580. The molecule has 18 heavy (non-hydrogen) atoms. The maximum Gasteiger partial charge on any atom is 0.0856 e. The van der Waals surface area contributed by atoms with Gasteiger partial charge in [-0.15, -0.1) is 11.8 Å². The highest BCUT2D eigenvalue weighted by molar-refractivity contribution is 7.99. The van der Waals surface area contributed by atoms with Crippen LogP contribution in [-0.4, -0.2) is 40.4 Å². The van der Waals surface area contributed by atoms with Gasteiger partial charge >= 0.3 is 0 Å². The van der Waals surface area contributed by atoms with Crippen LogP contribution in [0.5, 0.6) is 0 Å². The SMILES string of the molecule is Cc1c(SCCN2CCCCC2)ccnc1CO. The molecule has 0 saturated carbocycles. The predicted octanol–water partition coefficient (Wildman–Crippen LogP) is 2.46. The number of hydrogen-bond acceptors (Lipinski definition) is 4. The van der Waals surface area contributed by atoms with Crippen LogP contribution >= 0.6 is 11.8 Å². The number of rotatable bonds is 5. The van der Waals surface area contributed by atoms with Gasteiger partial charge in [0.25, 0.3) is 0 Å². The van der Waals surface area contributed by atoms with Gasteiger partial charge in [-0.05, 0) is 44.5 Å². The highest BCUT2D eigenvalue weighted by atomic mass is 32.2. The van der Waals surface area contributed by atoms with Crippen molar-refractivity contribution in [2.75, 3.05) is 25.4 Å². The lowest BCUT2D eigenvalue weighted by atomic mass is 10.1. The normalized spacial score (nSPS) is 17.0. The van der Waals surface area contributed by atoms with E-state index in [9.17, 15) is 5.11 Å². The summed E-state index contributed by atoms with van der Waals surface area (Å²) in [5, 5.41) is 9.19. The van der Waals surface area contributed by atoms with Crippen LogP contribution in [0.25, 0.3) is 0 Å². The van der Waals surface area contributed by atoms with Crippen molar-refractivity contribution in [3.05, 3.63) is 23.5 Å². The topological polar surface area (TPSA) is 36.4 Å². The van der Waals surface area contributed by atoms with Gasteiger partial charge in [0.05, 0.1) is 12.3 Å². The molecule has 0 amide bonds. The minimum atomic E-state index is 0.0341. The highest BCUT2D eigenvalue weighted by Crippen LogP contribution is 2.24. The number of aliphatic hydroxyl groups is 1. The minimum Gasteiger partial charge on any atom is -0.390 e. The molecule has 1 aliphatic heterocycles. The van der Waals surface area contributed by atoms with Crippen LogP contribution in [0.1, 0.15) is 30.5 Å². The predicted molar refractivity (Wildman–Crippen MR) is 75.9 cm³/mol. The number of pyridine rings is 1. The Morgan fingerprint density at radius 2 is 2.11 bits per heavy atom. The standard InChI is InChI=1S/C14H22N2OS/c1-12-13(11-17)15-6-5-14(12)18-10-9-16-7-3-2-4-8-16/h5-6,17H,2-4,7-11H2,1H3. The Morgan fingerprint density at radius 1 is 1.33 bits per heavy atom. The first-order valence-electron chi connectivity index (χ1n) is 6.72. The molecule has 1 fully saturated rings. The molecule has 0 spiro atoms. The maximum absolute atomic E-state index is 9.19. The van der Waals surface area contributed by atoms with Gasteiger partial charge in [0.2, 0.25) is 0 Å². The van der Waals surface area contributed by atoms with Crippen molar-refractivity contribution in [2.45, 2.75) is 37.7 Å². The second kappa shape index (κ2) is 7.12. The van der Waals surface area contributed by atoms with E-state index in [2.05, 4.69) is 16.0 Å². The summed E-state index contributed by atoms with van der Waals surface area (Å²) in [5.74, 6) is 1.12. The lowest BCUT2D eigenvalue weighted by Crippen LogP contribution is -2.31. The summed E-state index contributed by atoms with van der Waals surface area (Å²) >= 11 is 1.88. The number of piperidine rings is 1. The van der Waals surface area contributed by atoms with Crippen molar-refractivity contribution in [1.82, 2.24) is 9.88 Å². The highest BCUT2D eigenvalue weighted by Gasteiger charge is 2.10. The van der Waals surface area contributed by atoms with Crippen molar-refractivity contribution in [2.24, 2.45) is 0 Å². The maximum atomic E-state index is 9.19. The van der Waals surface area contributed by atoms with E-state index in [-0.39, 0.29) is 6.61 Å². The number of aromatic nitrogens is 1. The summed E-state index contributed by atoms with van der Waals surface area (Å²) in [6, 6.07) is 2.05. The molecular formula is C14H22N2OS. The van der Waals surface area contributed by atoms with Gasteiger partial charge in [-0.3, -0.25) is 4.98 Å². The molecule has 4 heteroatoms. The number of likely N-dealkylation sites (tertiary alicyclic amines) is 1. The minimum absolute atomic E-state index is 0.0341. The van der Waals surface area contributed by atoms with E-state index in [1.54, 1.807) is 6.20 Å². The summed E-state index contributed by atoms with van der Waals surface area (Å²) in [4.78, 5) is 7.99. The van der Waals surface area contributed by atoms with E-state index in [1.807, 2.05) is 18.7 Å². The van der Waals surface area contributed by atoms with E-state index < -0.39 is 0 Å². The molecule has 1 aromatic rings. The fourth-order valence-electron chi connectivity index (χ4n) is 2.34. The summed E-state index contributed by atoms with van der Waals surface area (Å²) in [6.45, 7) is 5.77. The fraction of sp³-hybridized carbons (Fsp3) is 0.643. The van der Waals surface area contributed by atoms with Crippen molar-refractivity contribution < 1.29 is 5.11 Å². The van der Waals surface area contributed by atoms with Crippen molar-refractivity contribution in [3.63, 3.8) is 0 Å². The van der Waals surface area contributed by atoms with Crippen LogP contribution in [-0.2, 0) is 6.61 Å². The summed E-state index contributed by atoms with van der Waals surface area (Å²) < 4.78 is 0. The van der Waals surface area contributed by atoms with Gasteiger partial charge in [-0.1, -0.05) is 6.42 Å². The Morgan fingerprint density at radius 3 is 2.83 bits per heavy atom. The summed E-state index contributed by atoms with van der Waals surface area (Å²) in [6.07, 6.45) is 5.90. The zero-order valence-electron chi connectivity index (χ0n) is 11.1. The Kier molecular flexibility index (Phi) is 5.47. The van der Waals surface area contributed by atoms with Gasteiger partial charge < -0.3 is 10.0 Å². The van der Waals surface area contributed by atoms with Crippen LogP contribution in [0.15, 0.2) is 17.2 Å². The van der Waals surface area contributed by atoms with Crippen LogP contribution in [0.4, 0.5) is 0 Å². The molecule has 3 nitrogen and oxygen atoms in total. The van der Waals surface area contributed by atoms with Crippen LogP contribution in [0, 0.1) is 6.92 Å². The zero-order chi connectivity index (χ0) is 12.8. The second-order valence-corrected chi connectivity index (χ2v) is 5.93. The van der Waals surface area contributed by atoms with Crippen molar-refractivity contribution >= 4 is 11.8 Å². The van der Waals surface area contributed by atoms with Crippen molar-refractivity contribution in [3.8, 4) is 0 Å². The Labute approximate surface area is 114 Å². The van der Waals surface area contributed by atoms with Gasteiger partial charge in [-0.25, -0.2) is 0 Å². The average molecular weight is 266 g/mol. The average Bonchev–Trinajstić information content (AvgIpc) is 2.42. The lowest BCUT2D eigenvalue weighted by Gasteiger charge is -2.26. The van der Waals surface area contributed by atoms with Crippen LogP contribution in [0.3, 0.4) is 0 Å². The van der Waals surface area contributed by atoms with Crippen LogP contribution < -0.4 is 0 Å². The van der Waals surface area contributed by atoms with Gasteiger partial charge in [0.1, 0.15) is 0 Å². The van der Waals surface area contributed by atoms with E-state index in [4.69, 9.17) is 0 Å². The zero-order valence-corrected chi connectivity index (χ0v) is 11.9. The number of nitrogens with zero attached hydrogens (tertiary/aromatic N) is 2. The summed E-state index contributed by atoms with van der Waals surface area (Å²) in [5.41, 5.74) is 1.93. The number of hydrogen-bond donors (Lipinski definition) is 1. The third-order valence-corrected chi connectivity index (χ3v) is 4.66. The monoisotopic (exact) mass is 266 g/mol. The van der Waals surface area contributed by atoms with Crippen molar-refractivity contribution in [1.29, 1.82) is 0 Å². The molecule has 1 saturated heterocycles. The molecular weight excluding hydrogens is 244 g/mol. The van der Waals surface area contributed by atoms with Gasteiger partial charge in [0, 0.05) is 23.4 Å². The Balaban J connectivity index is 1.82. The fourth-order valence-corrected chi connectivity index (χ4v) is 3.40. The molecule has 0 aromatic carbocycles. The number of thioether (sulfide) groups is 1. The second-order valence-electron chi connectivity index (χ2n) is 4.79. The lowest BCUT2D eigenvalue weighted by molar-refractivity contribution is 0.242. The van der Waals surface area contributed by atoms with E-state index in [1.165, 1.54) is 43.8 Å². The molecule has 0 atom stereocenters. The largest absolute Gasteiger partial charge is 0.390 e. The third kappa shape index (κ3) is 3.70. The molecule has 0 bridgehead atoms. The van der Waals surface area contributed by atoms with Gasteiger partial charge in [0.15, 0.2) is 0 Å². The molecule has 0 unspecified atom stereocenters. The first kappa shape index (κ1) is 13.8. The molecule has 0 aliphatic carbocycles. The molecule has 1 aromatic heterocycles. The third-order valence-electron chi connectivity index (χ3n) is 3.52. The van der Waals surface area contributed by atoms with E-state index >= 15 is 0 Å².